The predicted octanol–water partition coefficient (Wildman–Crippen LogP) is 3.32. The molecular weight excluding hydrogens is 210 g/mol. The molecule has 2 nitrogen and oxygen atoms in total. The maximum absolute atomic E-state index is 12.6. The van der Waals surface area contributed by atoms with E-state index in [2.05, 4.69) is 11.5 Å². The molecule has 2 aliphatic rings. The Labute approximate surface area is 105 Å². The van der Waals surface area contributed by atoms with Crippen LogP contribution in [0.2, 0.25) is 0 Å². The van der Waals surface area contributed by atoms with E-state index in [1.807, 2.05) is 6.92 Å². The Morgan fingerprint density at radius 1 is 1.12 bits per heavy atom. The maximum Gasteiger partial charge on any atom is 0.157 e. The fourth-order valence-corrected chi connectivity index (χ4v) is 3.49. The molecule has 17 heavy (non-hydrogen) atoms. The summed E-state index contributed by atoms with van der Waals surface area (Å²) in [6.45, 7) is 8.13. The van der Waals surface area contributed by atoms with Gasteiger partial charge in [0.2, 0.25) is 0 Å². The molecule has 0 aromatic rings. The number of hydrogen-bond acceptors (Lipinski definition) is 2. The number of carbonyl (C=O) groups excluding carboxylic acids is 1. The number of allylic oxidation sites excluding steroid dienone is 1. The van der Waals surface area contributed by atoms with Crippen molar-refractivity contribution in [3.05, 3.63) is 12.2 Å². The largest absolute Gasteiger partial charge is 0.297 e. The van der Waals surface area contributed by atoms with Gasteiger partial charge in [0.05, 0.1) is 5.54 Å². The number of Topliss-reactive ketones (excluding diaryl/α,β-unsaturated/α-hetero) is 1. The summed E-state index contributed by atoms with van der Waals surface area (Å²) < 4.78 is 0. The third kappa shape index (κ3) is 2.62. The molecule has 0 N–H and O–H groups in total. The van der Waals surface area contributed by atoms with Crippen LogP contribution in [-0.2, 0) is 4.79 Å². The van der Waals surface area contributed by atoms with Gasteiger partial charge in [0.15, 0.2) is 5.78 Å². The highest BCUT2D eigenvalue weighted by molar-refractivity contribution is 5.90. The van der Waals surface area contributed by atoms with E-state index in [9.17, 15) is 4.79 Å². The Bertz CT molecular complexity index is 296. The van der Waals surface area contributed by atoms with E-state index in [0.29, 0.717) is 12.2 Å². The zero-order valence-corrected chi connectivity index (χ0v) is 11.1. The molecule has 1 saturated carbocycles. The summed E-state index contributed by atoms with van der Waals surface area (Å²) in [6.07, 6.45) is 9.05. The van der Waals surface area contributed by atoms with Crippen LogP contribution < -0.4 is 0 Å². The third-order valence-corrected chi connectivity index (χ3v) is 4.37. The second-order valence-electron chi connectivity index (χ2n) is 5.84. The van der Waals surface area contributed by atoms with Crippen molar-refractivity contribution in [3.63, 3.8) is 0 Å². The van der Waals surface area contributed by atoms with Gasteiger partial charge in [-0.1, -0.05) is 31.4 Å². The van der Waals surface area contributed by atoms with Crippen molar-refractivity contribution in [1.29, 1.82) is 0 Å². The molecule has 1 aliphatic heterocycles. The summed E-state index contributed by atoms with van der Waals surface area (Å²) in [5.74, 6) is 0.435. The molecule has 0 atom stereocenters. The molecule has 2 heteroatoms. The first kappa shape index (κ1) is 12.8. The van der Waals surface area contributed by atoms with Gasteiger partial charge in [0, 0.05) is 6.42 Å². The minimum absolute atomic E-state index is 0.112. The molecule has 0 aromatic carbocycles. The molecule has 0 amide bonds. The van der Waals surface area contributed by atoms with E-state index in [4.69, 9.17) is 0 Å². The quantitative estimate of drug-likeness (QED) is 0.697. The van der Waals surface area contributed by atoms with Crippen LogP contribution in [-0.4, -0.2) is 29.3 Å². The number of hydrogen-bond donors (Lipinski definition) is 0. The van der Waals surface area contributed by atoms with E-state index < -0.39 is 0 Å². The molecule has 1 aliphatic carbocycles. The standard InChI is InChI=1S/C15H25NO/c1-13(2)12-14(17)15(8-4-5-9-15)16-10-6-3-7-11-16/h1,3-12H2,2H3. The topological polar surface area (TPSA) is 20.3 Å². The lowest BCUT2D eigenvalue weighted by Crippen LogP contribution is -2.54. The zero-order chi connectivity index (χ0) is 12.3. The van der Waals surface area contributed by atoms with E-state index in [-0.39, 0.29) is 5.54 Å². The Morgan fingerprint density at radius 2 is 1.71 bits per heavy atom. The second-order valence-corrected chi connectivity index (χ2v) is 5.84. The SMILES string of the molecule is C=C(C)CC(=O)C1(N2CCCCC2)CCCC1. The lowest BCUT2D eigenvalue weighted by molar-refractivity contribution is -0.131. The fourth-order valence-electron chi connectivity index (χ4n) is 3.49. The molecule has 0 aromatic heterocycles. The third-order valence-electron chi connectivity index (χ3n) is 4.37. The maximum atomic E-state index is 12.6. The molecular formula is C15H25NO. The van der Waals surface area contributed by atoms with Crippen LogP contribution >= 0.6 is 0 Å². The molecule has 1 saturated heterocycles. The Hall–Kier alpha value is -0.630. The normalized spacial score (nSPS) is 24.8. The van der Waals surface area contributed by atoms with Gasteiger partial charge in [-0.05, 0) is 45.7 Å². The Kier molecular flexibility index (Phi) is 4.03. The Balaban J connectivity index is 2.13. The summed E-state index contributed by atoms with van der Waals surface area (Å²) >= 11 is 0. The minimum Gasteiger partial charge on any atom is -0.297 e. The molecule has 2 fully saturated rings. The first-order chi connectivity index (χ1) is 8.15. The van der Waals surface area contributed by atoms with Gasteiger partial charge in [-0.2, -0.15) is 0 Å². The number of nitrogens with zero attached hydrogens (tertiary/aromatic N) is 1. The van der Waals surface area contributed by atoms with Gasteiger partial charge in [0.25, 0.3) is 0 Å². The first-order valence-electron chi connectivity index (χ1n) is 7.08. The van der Waals surface area contributed by atoms with Crippen molar-refractivity contribution < 1.29 is 4.79 Å². The number of ketones is 1. The van der Waals surface area contributed by atoms with Gasteiger partial charge >= 0.3 is 0 Å². The monoisotopic (exact) mass is 235 g/mol. The summed E-state index contributed by atoms with van der Waals surface area (Å²) in [6, 6.07) is 0. The average molecular weight is 235 g/mol. The van der Waals surface area contributed by atoms with Gasteiger partial charge < -0.3 is 0 Å². The van der Waals surface area contributed by atoms with Crippen LogP contribution in [0.4, 0.5) is 0 Å². The van der Waals surface area contributed by atoms with Crippen LogP contribution in [0.25, 0.3) is 0 Å². The van der Waals surface area contributed by atoms with Crippen molar-refractivity contribution >= 4 is 5.78 Å². The van der Waals surface area contributed by atoms with Crippen LogP contribution in [0, 0.1) is 0 Å². The van der Waals surface area contributed by atoms with Gasteiger partial charge in [-0.15, -0.1) is 0 Å². The predicted molar refractivity (Wildman–Crippen MR) is 71.1 cm³/mol. The van der Waals surface area contributed by atoms with Crippen molar-refractivity contribution in [2.45, 2.75) is 63.8 Å². The average Bonchev–Trinajstić information content (AvgIpc) is 2.79. The smallest absolute Gasteiger partial charge is 0.157 e. The Morgan fingerprint density at radius 3 is 2.24 bits per heavy atom. The molecule has 0 bridgehead atoms. The molecule has 0 radical (unpaired) electrons. The van der Waals surface area contributed by atoms with Crippen LogP contribution in [0.5, 0.6) is 0 Å². The molecule has 2 rings (SSSR count). The highest BCUT2D eigenvalue weighted by atomic mass is 16.1. The van der Waals surface area contributed by atoms with Gasteiger partial charge in [-0.3, -0.25) is 9.69 Å². The van der Waals surface area contributed by atoms with E-state index in [0.717, 1.165) is 31.5 Å². The molecule has 0 unspecified atom stereocenters. The van der Waals surface area contributed by atoms with Crippen molar-refractivity contribution in [2.24, 2.45) is 0 Å². The van der Waals surface area contributed by atoms with Gasteiger partial charge in [0.1, 0.15) is 0 Å². The van der Waals surface area contributed by atoms with Crippen molar-refractivity contribution in [1.82, 2.24) is 4.90 Å². The van der Waals surface area contributed by atoms with Crippen LogP contribution in [0.1, 0.15) is 58.3 Å². The van der Waals surface area contributed by atoms with E-state index >= 15 is 0 Å². The number of likely N-dealkylation sites (tertiary alicyclic amines) is 1. The molecule has 1 heterocycles. The summed E-state index contributed by atoms with van der Waals surface area (Å²) in [7, 11) is 0. The van der Waals surface area contributed by atoms with E-state index in [1.54, 1.807) is 0 Å². The highest BCUT2D eigenvalue weighted by Crippen LogP contribution is 2.38. The van der Waals surface area contributed by atoms with Gasteiger partial charge in [-0.25, -0.2) is 0 Å². The number of carbonyl (C=O) groups is 1. The van der Waals surface area contributed by atoms with E-state index in [1.165, 1.54) is 32.1 Å². The summed E-state index contributed by atoms with van der Waals surface area (Å²) in [5.41, 5.74) is 0.901. The summed E-state index contributed by atoms with van der Waals surface area (Å²) in [5, 5.41) is 0. The summed E-state index contributed by atoms with van der Waals surface area (Å²) in [4.78, 5) is 15.1. The number of rotatable bonds is 4. The lowest BCUT2D eigenvalue weighted by Gasteiger charge is -2.42. The van der Waals surface area contributed by atoms with Crippen LogP contribution in [0.15, 0.2) is 12.2 Å². The van der Waals surface area contributed by atoms with Crippen molar-refractivity contribution in [3.8, 4) is 0 Å². The number of piperidine rings is 1. The molecule has 96 valence electrons. The van der Waals surface area contributed by atoms with Crippen LogP contribution in [0.3, 0.4) is 0 Å². The molecule has 0 spiro atoms. The minimum atomic E-state index is -0.112. The first-order valence-corrected chi connectivity index (χ1v) is 7.08. The lowest BCUT2D eigenvalue weighted by atomic mass is 9.85. The highest BCUT2D eigenvalue weighted by Gasteiger charge is 2.45. The second kappa shape index (κ2) is 5.34. The zero-order valence-electron chi connectivity index (χ0n) is 11.1. The fraction of sp³-hybridized carbons (Fsp3) is 0.800. The van der Waals surface area contributed by atoms with Crippen molar-refractivity contribution in [2.75, 3.05) is 13.1 Å².